The van der Waals surface area contributed by atoms with Gasteiger partial charge in [0.05, 0.1) is 0 Å². The second-order valence-corrected chi connectivity index (χ2v) is 9.16. The molecule has 2 aromatic rings. The summed E-state index contributed by atoms with van der Waals surface area (Å²) in [6.07, 6.45) is 3.96. The molecule has 140 valence electrons. The van der Waals surface area contributed by atoms with Crippen LogP contribution in [0.4, 0.5) is 0 Å². The summed E-state index contributed by atoms with van der Waals surface area (Å²) in [6.45, 7) is 0.613. The normalized spacial score (nSPS) is 14.4. The van der Waals surface area contributed by atoms with Gasteiger partial charge in [0.2, 0.25) is 10.0 Å². The van der Waals surface area contributed by atoms with Crippen LogP contribution in [0.5, 0.6) is 0 Å². The van der Waals surface area contributed by atoms with E-state index in [4.69, 9.17) is 0 Å². The number of hydrogen-bond acceptors (Lipinski definition) is 6. The van der Waals surface area contributed by atoms with Gasteiger partial charge < -0.3 is 0 Å². The molecule has 1 N–H and O–H groups in total. The van der Waals surface area contributed by atoms with E-state index >= 15 is 0 Å². The third kappa shape index (κ3) is 3.76. The van der Waals surface area contributed by atoms with Gasteiger partial charge in [0.25, 0.3) is 5.56 Å². The van der Waals surface area contributed by atoms with Gasteiger partial charge in [0.1, 0.15) is 4.90 Å². The van der Waals surface area contributed by atoms with Crippen molar-refractivity contribution in [2.24, 2.45) is 0 Å². The van der Waals surface area contributed by atoms with E-state index in [0.717, 1.165) is 11.4 Å². The van der Waals surface area contributed by atoms with E-state index in [9.17, 15) is 18.0 Å². The number of H-pyrrole nitrogens is 1. The molecule has 3 rings (SSSR count). The lowest BCUT2D eigenvalue weighted by Crippen LogP contribution is -2.37. The van der Waals surface area contributed by atoms with Crippen molar-refractivity contribution in [3.8, 4) is 0 Å². The molecule has 0 radical (unpaired) electrons. The van der Waals surface area contributed by atoms with Crippen LogP contribution in [0.2, 0.25) is 0 Å². The Morgan fingerprint density at radius 3 is 2.92 bits per heavy atom. The molecule has 0 unspecified atom stereocenters. The minimum atomic E-state index is -3.61. The average molecular weight is 396 g/mol. The highest BCUT2D eigenvalue weighted by atomic mass is 32.2. The van der Waals surface area contributed by atoms with Crippen molar-refractivity contribution in [3.63, 3.8) is 0 Å². The Morgan fingerprint density at radius 1 is 1.38 bits per heavy atom. The van der Waals surface area contributed by atoms with Crippen molar-refractivity contribution in [1.29, 1.82) is 0 Å². The van der Waals surface area contributed by atoms with Crippen molar-refractivity contribution in [1.82, 2.24) is 18.8 Å². The largest absolute Gasteiger partial charge is 0.328 e. The van der Waals surface area contributed by atoms with E-state index < -0.39 is 15.7 Å². The summed E-state index contributed by atoms with van der Waals surface area (Å²) in [7, 11) is -2.10. The van der Waals surface area contributed by atoms with Crippen LogP contribution in [0.1, 0.15) is 17.7 Å². The monoisotopic (exact) mass is 396 g/mol. The van der Waals surface area contributed by atoms with E-state index in [0.29, 0.717) is 30.7 Å². The van der Waals surface area contributed by atoms with Crippen LogP contribution >= 0.6 is 11.8 Å². The Balaban J connectivity index is 1.73. The molecular formula is C16H20N4O4S2. The quantitative estimate of drug-likeness (QED) is 0.759. The molecule has 0 saturated heterocycles. The number of aromatic amines is 1. The Labute approximate surface area is 155 Å². The molecule has 0 atom stereocenters. The van der Waals surface area contributed by atoms with E-state index in [2.05, 4.69) is 9.97 Å². The highest BCUT2D eigenvalue weighted by Gasteiger charge is 2.21. The average Bonchev–Trinajstić information content (AvgIpc) is 2.65. The third-order valence-corrected chi connectivity index (χ3v) is 7.17. The predicted octanol–water partition coefficient (Wildman–Crippen LogP) is 0.432. The van der Waals surface area contributed by atoms with Gasteiger partial charge in [-0.2, -0.15) is 11.8 Å². The molecule has 1 aliphatic rings. The fraction of sp³-hybridized carbons (Fsp3) is 0.438. The van der Waals surface area contributed by atoms with Gasteiger partial charge in [0.15, 0.2) is 0 Å². The molecule has 2 aromatic heterocycles. The SMILES string of the molecule is CN(CCCn1c2c(c(=O)[nH]c1=O)CSCC2)S(=O)(=O)c1cccnc1. The Bertz CT molecular complexity index is 999. The summed E-state index contributed by atoms with van der Waals surface area (Å²) < 4.78 is 27.8. The molecule has 0 bridgehead atoms. The first-order valence-electron chi connectivity index (χ1n) is 8.20. The number of sulfonamides is 1. The lowest BCUT2D eigenvalue weighted by atomic mass is 10.2. The maximum atomic E-state index is 12.5. The Hall–Kier alpha value is -1.91. The van der Waals surface area contributed by atoms with Gasteiger partial charge in [-0.25, -0.2) is 17.5 Å². The van der Waals surface area contributed by atoms with Crippen LogP contribution in [0, 0.1) is 0 Å². The standard InChI is InChI=1S/C16H20N4O4S2/c1-19(26(23,24)12-4-2-6-17-10-12)7-3-8-20-14-5-9-25-11-13(14)15(21)18-16(20)22/h2,4,6,10H,3,5,7-9,11H2,1H3,(H,18,21,22). The van der Waals surface area contributed by atoms with Gasteiger partial charge in [-0.1, -0.05) is 0 Å². The van der Waals surface area contributed by atoms with Gasteiger partial charge in [-0.05, 0) is 30.7 Å². The number of hydrogen-bond donors (Lipinski definition) is 1. The van der Waals surface area contributed by atoms with E-state index in [-0.39, 0.29) is 17.0 Å². The first-order chi connectivity index (χ1) is 12.4. The van der Waals surface area contributed by atoms with Gasteiger partial charge in [0, 0.05) is 49.5 Å². The number of aromatic nitrogens is 3. The molecule has 0 saturated carbocycles. The number of nitrogens with one attached hydrogen (secondary N) is 1. The lowest BCUT2D eigenvalue weighted by molar-refractivity contribution is 0.439. The topological polar surface area (TPSA) is 105 Å². The number of nitrogens with zero attached hydrogens (tertiary/aromatic N) is 3. The summed E-state index contributed by atoms with van der Waals surface area (Å²) in [4.78, 5) is 30.4. The smallest absolute Gasteiger partial charge is 0.297 e. The molecule has 26 heavy (non-hydrogen) atoms. The maximum Gasteiger partial charge on any atom is 0.328 e. The molecule has 0 amide bonds. The third-order valence-electron chi connectivity index (χ3n) is 4.34. The first kappa shape index (κ1) is 18.9. The van der Waals surface area contributed by atoms with E-state index in [1.54, 1.807) is 22.4 Å². The molecule has 0 aromatic carbocycles. The molecule has 8 nitrogen and oxygen atoms in total. The zero-order valence-corrected chi connectivity index (χ0v) is 16.0. The Kier molecular flexibility index (Phi) is 5.64. The lowest BCUT2D eigenvalue weighted by Gasteiger charge is -2.21. The van der Waals surface area contributed by atoms with E-state index in [1.165, 1.54) is 29.8 Å². The summed E-state index contributed by atoms with van der Waals surface area (Å²) in [5, 5.41) is 0. The minimum absolute atomic E-state index is 0.137. The Morgan fingerprint density at radius 2 is 2.19 bits per heavy atom. The van der Waals surface area contributed by atoms with Crippen molar-refractivity contribution >= 4 is 21.8 Å². The fourth-order valence-corrected chi connectivity index (χ4v) is 5.08. The molecule has 0 aliphatic carbocycles. The van der Waals surface area contributed by atoms with Crippen LogP contribution < -0.4 is 11.2 Å². The summed E-state index contributed by atoms with van der Waals surface area (Å²) in [5.41, 5.74) is 0.676. The molecule has 1 aliphatic heterocycles. The molecule has 3 heterocycles. The zero-order chi connectivity index (χ0) is 18.7. The maximum absolute atomic E-state index is 12.5. The van der Waals surface area contributed by atoms with Crippen molar-refractivity contribution in [2.75, 3.05) is 19.3 Å². The van der Waals surface area contributed by atoms with E-state index in [1.807, 2.05) is 0 Å². The van der Waals surface area contributed by atoms with Gasteiger partial charge in [-0.15, -0.1) is 0 Å². The second-order valence-electron chi connectivity index (χ2n) is 6.01. The highest BCUT2D eigenvalue weighted by molar-refractivity contribution is 7.98. The number of pyridine rings is 1. The van der Waals surface area contributed by atoms with Crippen LogP contribution in [-0.4, -0.2) is 46.6 Å². The van der Waals surface area contributed by atoms with Crippen LogP contribution in [0.3, 0.4) is 0 Å². The molecular weight excluding hydrogens is 376 g/mol. The zero-order valence-electron chi connectivity index (χ0n) is 14.3. The summed E-state index contributed by atoms with van der Waals surface area (Å²) in [5.74, 6) is 1.46. The van der Waals surface area contributed by atoms with Crippen molar-refractivity contribution < 1.29 is 8.42 Å². The van der Waals surface area contributed by atoms with Gasteiger partial charge >= 0.3 is 5.69 Å². The summed E-state index contributed by atoms with van der Waals surface area (Å²) >= 11 is 1.67. The van der Waals surface area contributed by atoms with Crippen molar-refractivity contribution in [2.45, 2.75) is 30.0 Å². The second kappa shape index (κ2) is 7.77. The van der Waals surface area contributed by atoms with Crippen LogP contribution in [0.15, 0.2) is 39.0 Å². The molecule has 0 fully saturated rings. The van der Waals surface area contributed by atoms with Crippen molar-refractivity contribution in [3.05, 3.63) is 56.6 Å². The fourth-order valence-electron chi connectivity index (χ4n) is 2.92. The minimum Gasteiger partial charge on any atom is -0.297 e. The predicted molar refractivity (Wildman–Crippen MR) is 99.9 cm³/mol. The van der Waals surface area contributed by atoms with Gasteiger partial charge in [-0.3, -0.25) is 19.3 Å². The highest BCUT2D eigenvalue weighted by Crippen LogP contribution is 2.20. The van der Waals surface area contributed by atoms with Crippen LogP contribution in [0.25, 0.3) is 0 Å². The number of thioether (sulfide) groups is 1. The van der Waals surface area contributed by atoms with Crippen LogP contribution in [-0.2, 0) is 28.7 Å². The molecule has 10 heteroatoms. The first-order valence-corrected chi connectivity index (χ1v) is 10.8. The number of rotatable bonds is 6. The summed E-state index contributed by atoms with van der Waals surface area (Å²) in [6, 6.07) is 3.07. The molecule has 0 spiro atoms. The number of fused-ring (bicyclic) bond motifs is 1.